The lowest BCUT2D eigenvalue weighted by Gasteiger charge is -2.49. The summed E-state index contributed by atoms with van der Waals surface area (Å²) < 4.78 is 69.4. The van der Waals surface area contributed by atoms with Gasteiger partial charge in [-0.1, -0.05) is 103 Å². The molecular formula is C49H44O15. The summed E-state index contributed by atoms with van der Waals surface area (Å²) in [4.78, 5) is 55.8. The maximum atomic E-state index is 14.2. The van der Waals surface area contributed by atoms with Crippen LogP contribution in [-0.4, -0.2) is 105 Å². The second-order valence-corrected chi connectivity index (χ2v) is 15.3. The van der Waals surface area contributed by atoms with E-state index in [0.29, 0.717) is 0 Å². The molecule has 0 aromatic heterocycles. The molecule has 0 N–H and O–H groups in total. The molecule has 0 unspecified atom stereocenters. The number of carbonyl (C=O) groups excluding carboxylic acids is 4. The van der Waals surface area contributed by atoms with Crippen LogP contribution in [0.1, 0.15) is 60.2 Å². The SMILES string of the molecule is C[C@H]1O[C@@H]2O[C@@H]3CO[C@@H](c4ccccc4)O[C@H]3[C@H](O[C@H]3O[C@H](COC(=O)c4ccccc4)[C@@H](OC(=O)c4ccccc4)[C@H](OC(=O)c4ccccc4)[C@@H]3OC(=O)c3ccccc3)[C@@H]2O1. The Morgan fingerprint density at radius 2 is 0.984 bits per heavy atom. The Morgan fingerprint density at radius 3 is 1.53 bits per heavy atom. The van der Waals surface area contributed by atoms with Crippen molar-refractivity contribution in [1.29, 1.82) is 0 Å². The largest absolute Gasteiger partial charge is 0.459 e. The van der Waals surface area contributed by atoms with Crippen molar-refractivity contribution >= 4 is 23.9 Å². The average Bonchev–Trinajstić information content (AvgIpc) is 3.73. The smallest absolute Gasteiger partial charge is 0.338 e. The van der Waals surface area contributed by atoms with Gasteiger partial charge in [-0.3, -0.25) is 0 Å². The Kier molecular flexibility index (Phi) is 13.2. The first-order chi connectivity index (χ1) is 31.3. The Hall–Kier alpha value is -6.30. The van der Waals surface area contributed by atoms with Crippen LogP contribution >= 0.6 is 0 Å². The third kappa shape index (κ3) is 9.61. The van der Waals surface area contributed by atoms with Gasteiger partial charge < -0.3 is 52.1 Å². The Bertz CT molecular complexity index is 2350. The average molecular weight is 873 g/mol. The van der Waals surface area contributed by atoms with Crippen LogP contribution in [0, 0.1) is 0 Å². The fourth-order valence-electron chi connectivity index (χ4n) is 7.97. The number of esters is 4. The number of fused-ring (bicyclic) bond motifs is 2. The van der Waals surface area contributed by atoms with Gasteiger partial charge in [0.2, 0.25) is 0 Å². The molecule has 4 saturated heterocycles. The minimum absolute atomic E-state index is 0.0792. The summed E-state index contributed by atoms with van der Waals surface area (Å²) in [7, 11) is 0. The molecular weight excluding hydrogens is 829 g/mol. The number of carbonyl (C=O) groups is 4. The van der Waals surface area contributed by atoms with E-state index in [2.05, 4.69) is 0 Å². The Morgan fingerprint density at radius 1 is 0.500 bits per heavy atom. The molecule has 0 radical (unpaired) electrons. The summed E-state index contributed by atoms with van der Waals surface area (Å²) in [6.07, 6.45) is -14.0. The zero-order valence-corrected chi connectivity index (χ0v) is 34.4. The quantitative estimate of drug-likeness (QED) is 0.102. The first-order valence-corrected chi connectivity index (χ1v) is 20.9. The van der Waals surface area contributed by atoms with Crippen LogP contribution in [0.4, 0.5) is 0 Å². The normalized spacial score (nSPS) is 29.6. The maximum absolute atomic E-state index is 14.2. The van der Waals surface area contributed by atoms with E-state index < -0.39 is 104 Å². The van der Waals surface area contributed by atoms with E-state index >= 15 is 0 Å². The van der Waals surface area contributed by atoms with Gasteiger partial charge in [0.05, 0.1) is 28.9 Å². The molecule has 4 aliphatic rings. The van der Waals surface area contributed by atoms with Crippen molar-refractivity contribution in [2.24, 2.45) is 0 Å². The molecule has 15 nitrogen and oxygen atoms in total. The number of hydrogen-bond donors (Lipinski definition) is 0. The summed E-state index contributed by atoms with van der Waals surface area (Å²) >= 11 is 0. The third-order valence-electron chi connectivity index (χ3n) is 11.1. The first kappa shape index (κ1) is 43.0. The van der Waals surface area contributed by atoms with Crippen LogP contribution in [0.5, 0.6) is 0 Å². The van der Waals surface area contributed by atoms with Gasteiger partial charge in [-0.2, -0.15) is 0 Å². The zero-order valence-electron chi connectivity index (χ0n) is 34.4. The van der Waals surface area contributed by atoms with E-state index in [0.717, 1.165) is 5.56 Å². The van der Waals surface area contributed by atoms with E-state index in [1.807, 2.05) is 30.3 Å². The van der Waals surface area contributed by atoms with Crippen LogP contribution in [-0.2, 0) is 52.1 Å². The highest BCUT2D eigenvalue weighted by Gasteiger charge is 2.59. The summed E-state index contributed by atoms with van der Waals surface area (Å²) in [6, 6.07) is 41.9. The number of ether oxygens (including phenoxy) is 11. The minimum Gasteiger partial charge on any atom is -0.459 e. The van der Waals surface area contributed by atoms with Gasteiger partial charge in [-0.25, -0.2) is 19.2 Å². The van der Waals surface area contributed by atoms with Crippen molar-refractivity contribution in [3.8, 4) is 0 Å². The highest BCUT2D eigenvalue weighted by molar-refractivity contribution is 5.91. The molecule has 9 rings (SSSR count). The molecule has 64 heavy (non-hydrogen) atoms. The molecule has 330 valence electrons. The van der Waals surface area contributed by atoms with Gasteiger partial charge in [0.1, 0.15) is 37.1 Å². The standard InChI is InChI=1S/C49H44O15/c1-29-56-41-40(38-36(58-48(41)57-29)28-55-47(63-38)34-25-15-6-16-26-34)64-49-42(62-46(53)33-23-13-5-14-24-33)39(61-45(52)32-21-11-4-12-22-32)37(60-44(51)31-19-9-3-10-20-31)35(59-49)27-54-43(50)30-17-7-2-8-18-30/h2-26,29,35-42,47-49H,27-28H2,1H3/t29-,35-,36-,37-,38-,39+,40+,41+,42+,47-,48-,49-/m1/s1. The molecule has 0 saturated carbocycles. The number of rotatable bonds is 12. The van der Waals surface area contributed by atoms with Crippen molar-refractivity contribution in [1.82, 2.24) is 0 Å². The highest BCUT2D eigenvalue weighted by atomic mass is 16.8. The minimum atomic E-state index is -1.65. The van der Waals surface area contributed by atoms with E-state index in [1.165, 1.54) is 12.1 Å². The molecule has 4 heterocycles. The second kappa shape index (κ2) is 19.6. The van der Waals surface area contributed by atoms with Gasteiger partial charge >= 0.3 is 23.9 Å². The van der Waals surface area contributed by atoms with E-state index in [1.54, 1.807) is 116 Å². The predicted octanol–water partition coefficient (Wildman–Crippen LogP) is 6.23. The fourth-order valence-corrected chi connectivity index (χ4v) is 7.97. The molecule has 4 fully saturated rings. The van der Waals surface area contributed by atoms with E-state index in [4.69, 9.17) is 52.1 Å². The van der Waals surface area contributed by atoms with Crippen LogP contribution in [0.2, 0.25) is 0 Å². The van der Waals surface area contributed by atoms with Crippen molar-refractivity contribution in [2.75, 3.05) is 13.2 Å². The lowest BCUT2D eigenvalue weighted by Crippen LogP contribution is -2.67. The van der Waals surface area contributed by atoms with Gasteiger partial charge in [0, 0.05) is 5.56 Å². The first-order valence-electron chi connectivity index (χ1n) is 20.9. The van der Waals surface area contributed by atoms with Gasteiger partial charge in [-0.05, 0) is 55.5 Å². The van der Waals surface area contributed by atoms with Crippen molar-refractivity contribution in [3.63, 3.8) is 0 Å². The molecule has 4 aliphatic heterocycles. The topological polar surface area (TPSA) is 170 Å². The van der Waals surface area contributed by atoms with E-state index in [-0.39, 0.29) is 28.9 Å². The van der Waals surface area contributed by atoms with Gasteiger partial charge in [-0.15, -0.1) is 0 Å². The highest BCUT2D eigenvalue weighted by Crippen LogP contribution is 2.42. The Labute approximate surface area is 367 Å². The van der Waals surface area contributed by atoms with Gasteiger partial charge in [0.25, 0.3) is 0 Å². The maximum Gasteiger partial charge on any atom is 0.338 e. The van der Waals surface area contributed by atoms with Gasteiger partial charge in [0.15, 0.2) is 43.5 Å². The molecule has 5 aromatic carbocycles. The molecule has 0 amide bonds. The number of hydrogen-bond acceptors (Lipinski definition) is 15. The molecule has 0 spiro atoms. The molecule has 0 aliphatic carbocycles. The zero-order chi connectivity index (χ0) is 44.0. The summed E-state index contributed by atoms with van der Waals surface area (Å²) in [5.41, 5.74) is 1.42. The van der Waals surface area contributed by atoms with Crippen LogP contribution in [0.25, 0.3) is 0 Å². The monoisotopic (exact) mass is 872 g/mol. The fraction of sp³-hybridized carbons (Fsp3) is 0.306. The lowest BCUT2D eigenvalue weighted by atomic mass is 9.95. The van der Waals surface area contributed by atoms with Crippen molar-refractivity contribution < 1.29 is 71.3 Å². The summed E-state index contributed by atoms with van der Waals surface area (Å²) in [6.45, 7) is 1.24. The van der Waals surface area contributed by atoms with Crippen molar-refractivity contribution in [3.05, 3.63) is 179 Å². The molecule has 0 bridgehead atoms. The number of benzene rings is 5. The predicted molar refractivity (Wildman–Crippen MR) is 221 cm³/mol. The van der Waals surface area contributed by atoms with Crippen LogP contribution < -0.4 is 0 Å². The molecule has 15 heteroatoms. The third-order valence-corrected chi connectivity index (χ3v) is 11.1. The molecule has 5 aromatic rings. The van der Waals surface area contributed by atoms with Crippen LogP contribution in [0.3, 0.4) is 0 Å². The summed E-state index contributed by atoms with van der Waals surface area (Å²) in [5, 5.41) is 0. The molecule has 12 atom stereocenters. The van der Waals surface area contributed by atoms with Crippen LogP contribution in [0.15, 0.2) is 152 Å². The lowest BCUT2D eigenvalue weighted by molar-refractivity contribution is -0.375. The summed E-state index contributed by atoms with van der Waals surface area (Å²) in [5.74, 6) is -3.23. The van der Waals surface area contributed by atoms with E-state index in [9.17, 15) is 19.2 Å². The van der Waals surface area contributed by atoms with Crippen molar-refractivity contribution in [2.45, 2.75) is 80.9 Å². The second-order valence-electron chi connectivity index (χ2n) is 15.3. The Balaban J connectivity index is 1.13.